The number of hydrazine groups is 1. The van der Waals surface area contributed by atoms with Gasteiger partial charge in [0.15, 0.2) is 11.5 Å². The molecule has 0 aromatic heterocycles. The smallest absolute Gasteiger partial charge is 0.272 e. The summed E-state index contributed by atoms with van der Waals surface area (Å²) in [5.74, 6) is -0.0442. The molecule has 2 amide bonds. The molecule has 0 aliphatic carbocycles. The fourth-order valence-electron chi connectivity index (χ4n) is 3.38. The van der Waals surface area contributed by atoms with Crippen molar-refractivity contribution in [2.45, 2.75) is 46.6 Å². The second-order valence-electron chi connectivity index (χ2n) is 8.45. The molecule has 0 radical (unpaired) electrons. The van der Waals surface area contributed by atoms with Crippen molar-refractivity contribution in [1.82, 2.24) is 10.4 Å². The lowest BCUT2D eigenvalue weighted by molar-refractivity contribution is 0.0357. The lowest BCUT2D eigenvalue weighted by atomic mass is 10.0. The number of hydrogen-bond donors (Lipinski definition) is 1. The predicted octanol–water partition coefficient (Wildman–Crippen LogP) is 4.60. The molecule has 0 saturated heterocycles. The van der Waals surface area contributed by atoms with E-state index in [4.69, 9.17) is 9.47 Å². The Kier molecular flexibility index (Phi) is 6.20. The van der Waals surface area contributed by atoms with Gasteiger partial charge in [-0.15, -0.1) is 0 Å². The SMILES string of the molecule is Cc1cc(C(=O)N(NC(=O)c2ccc3c(c2C)OCCO3)C(C)(C)C)cc(C(F)F)c1. The van der Waals surface area contributed by atoms with E-state index >= 15 is 0 Å². The number of aryl methyl sites for hydroxylation is 1. The molecule has 0 fully saturated rings. The molecule has 3 rings (SSSR count). The van der Waals surface area contributed by atoms with E-state index in [-0.39, 0.29) is 11.1 Å². The van der Waals surface area contributed by atoms with Gasteiger partial charge < -0.3 is 9.47 Å². The Balaban J connectivity index is 1.93. The highest BCUT2D eigenvalue weighted by Gasteiger charge is 2.31. The van der Waals surface area contributed by atoms with Crippen molar-refractivity contribution in [2.75, 3.05) is 13.2 Å². The highest BCUT2D eigenvalue weighted by molar-refractivity contribution is 6.00. The Morgan fingerprint density at radius 1 is 1.06 bits per heavy atom. The van der Waals surface area contributed by atoms with Crippen molar-refractivity contribution in [3.63, 3.8) is 0 Å². The van der Waals surface area contributed by atoms with Crippen LogP contribution in [0.4, 0.5) is 8.78 Å². The molecule has 1 aliphatic rings. The molecule has 1 heterocycles. The number of amides is 2. The molecule has 0 saturated carbocycles. The number of rotatable bonds is 3. The van der Waals surface area contributed by atoms with E-state index in [1.165, 1.54) is 12.1 Å². The first kappa shape index (κ1) is 22.5. The van der Waals surface area contributed by atoms with Gasteiger partial charge >= 0.3 is 0 Å². The van der Waals surface area contributed by atoms with Gasteiger partial charge in [-0.1, -0.05) is 6.07 Å². The van der Waals surface area contributed by atoms with Crippen molar-refractivity contribution < 1.29 is 27.8 Å². The molecular formula is C23H26F2N2O4. The fourth-order valence-corrected chi connectivity index (χ4v) is 3.38. The second-order valence-corrected chi connectivity index (χ2v) is 8.45. The van der Waals surface area contributed by atoms with Crippen molar-refractivity contribution in [3.8, 4) is 11.5 Å². The minimum absolute atomic E-state index is 0.0735. The molecule has 31 heavy (non-hydrogen) atoms. The van der Waals surface area contributed by atoms with Gasteiger partial charge in [0.1, 0.15) is 13.2 Å². The zero-order chi connectivity index (χ0) is 22.9. The van der Waals surface area contributed by atoms with Crippen LogP contribution >= 0.6 is 0 Å². The maximum absolute atomic E-state index is 13.2. The molecular weight excluding hydrogens is 406 g/mol. The van der Waals surface area contributed by atoms with Gasteiger partial charge in [-0.3, -0.25) is 15.0 Å². The van der Waals surface area contributed by atoms with Gasteiger partial charge in [-0.25, -0.2) is 13.8 Å². The van der Waals surface area contributed by atoms with E-state index in [0.29, 0.717) is 41.4 Å². The fraction of sp³-hybridized carbons (Fsp3) is 0.391. The lowest BCUT2D eigenvalue weighted by Gasteiger charge is -2.36. The third kappa shape index (κ3) is 4.78. The van der Waals surface area contributed by atoms with Crippen LogP contribution in [0.25, 0.3) is 0 Å². The molecule has 166 valence electrons. The number of alkyl halides is 2. The third-order valence-electron chi connectivity index (χ3n) is 4.89. The first-order valence-corrected chi connectivity index (χ1v) is 9.93. The number of nitrogens with one attached hydrogen (secondary N) is 1. The standard InChI is InChI=1S/C23H26F2N2O4/c1-13-10-15(20(24)25)12-16(11-13)22(29)27(23(3,4)5)26-21(28)17-6-7-18-19(14(17)2)31-9-8-30-18/h6-7,10-12,20H,8-9H2,1-5H3,(H,26,28). The van der Waals surface area contributed by atoms with Crippen LogP contribution in [0.15, 0.2) is 30.3 Å². The van der Waals surface area contributed by atoms with E-state index in [0.717, 1.165) is 11.1 Å². The highest BCUT2D eigenvalue weighted by atomic mass is 19.3. The first-order chi connectivity index (χ1) is 14.5. The number of carbonyl (C=O) groups is 2. The van der Waals surface area contributed by atoms with Gasteiger partial charge in [-0.05, 0) is 64.4 Å². The summed E-state index contributed by atoms with van der Waals surface area (Å²) in [5.41, 5.74) is 3.11. The molecule has 8 heteroatoms. The predicted molar refractivity (Wildman–Crippen MR) is 112 cm³/mol. The van der Waals surface area contributed by atoms with Gasteiger partial charge in [0, 0.05) is 22.3 Å². The lowest BCUT2D eigenvalue weighted by Crippen LogP contribution is -2.56. The minimum atomic E-state index is -2.70. The molecule has 2 aromatic rings. The quantitative estimate of drug-likeness (QED) is 0.720. The Bertz CT molecular complexity index is 1020. The Labute approximate surface area is 180 Å². The number of benzene rings is 2. The Morgan fingerprint density at radius 3 is 2.39 bits per heavy atom. The van der Waals surface area contributed by atoms with E-state index in [2.05, 4.69) is 5.43 Å². The zero-order valence-corrected chi connectivity index (χ0v) is 18.2. The zero-order valence-electron chi connectivity index (χ0n) is 18.2. The monoisotopic (exact) mass is 432 g/mol. The number of nitrogens with zero attached hydrogens (tertiary/aromatic N) is 1. The van der Waals surface area contributed by atoms with E-state index in [1.807, 2.05) is 0 Å². The topological polar surface area (TPSA) is 67.9 Å². The normalized spacial score (nSPS) is 13.2. The second kappa shape index (κ2) is 8.53. The summed E-state index contributed by atoms with van der Waals surface area (Å²) in [6.07, 6.45) is -2.70. The van der Waals surface area contributed by atoms with Crippen molar-refractivity contribution >= 4 is 11.8 Å². The average Bonchev–Trinajstić information content (AvgIpc) is 2.70. The summed E-state index contributed by atoms with van der Waals surface area (Å²) < 4.78 is 37.6. The number of halogens is 2. The summed E-state index contributed by atoms with van der Waals surface area (Å²) >= 11 is 0. The van der Waals surface area contributed by atoms with Crippen molar-refractivity contribution in [2.24, 2.45) is 0 Å². The summed E-state index contributed by atoms with van der Waals surface area (Å²) in [6, 6.07) is 7.26. The van der Waals surface area contributed by atoms with Crippen LogP contribution in [0.5, 0.6) is 11.5 Å². The molecule has 1 N–H and O–H groups in total. The number of hydrogen-bond acceptors (Lipinski definition) is 4. The van der Waals surface area contributed by atoms with Crippen molar-refractivity contribution in [1.29, 1.82) is 0 Å². The third-order valence-corrected chi connectivity index (χ3v) is 4.89. The average molecular weight is 432 g/mol. The number of fused-ring (bicyclic) bond motifs is 1. The summed E-state index contributed by atoms with van der Waals surface area (Å²) in [6.45, 7) is 9.41. The molecule has 0 atom stereocenters. The van der Waals surface area contributed by atoms with E-state index < -0.39 is 23.8 Å². The van der Waals surface area contributed by atoms with Gasteiger partial charge in [0.25, 0.3) is 18.2 Å². The Morgan fingerprint density at radius 2 is 1.74 bits per heavy atom. The minimum Gasteiger partial charge on any atom is -0.486 e. The summed E-state index contributed by atoms with van der Waals surface area (Å²) in [5, 5.41) is 1.16. The van der Waals surface area contributed by atoms with Crippen LogP contribution in [0, 0.1) is 13.8 Å². The molecule has 0 bridgehead atoms. The van der Waals surface area contributed by atoms with Crippen LogP contribution < -0.4 is 14.9 Å². The van der Waals surface area contributed by atoms with Crippen LogP contribution in [0.2, 0.25) is 0 Å². The first-order valence-electron chi connectivity index (χ1n) is 9.93. The maximum Gasteiger partial charge on any atom is 0.272 e. The van der Waals surface area contributed by atoms with Gasteiger partial charge in [0.05, 0.1) is 5.54 Å². The summed E-state index contributed by atoms with van der Waals surface area (Å²) in [7, 11) is 0. The highest BCUT2D eigenvalue weighted by Crippen LogP contribution is 2.35. The largest absolute Gasteiger partial charge is 0.486 e. The van der Waals surface area contributed by atoms with Crippen LogP contribution in [0.1, 0.15) is 64.6 Å². The molecule has 0 spiro atoms. The number of ether oxygens (including phenoxy) is 2. The van der Waals surface area contributed by atoms with Crippen molar-refractivity contribution in [3.05, 3.63) is 58.1 Å². The Hall–Kier alpha value is -3.16. The van der Waals surface area contributed by atoms with E-state index in [9.17, 15) is 18.4 Å². The van der Waals surface area contributed by atoms with Crippen LogP contribution in [-0.4, -0.2) is 35.6 Å². The van der Waals surface area contributed by atoms with E-state index in [1.54, 1.807) is 46.8 Å². The molecule has 6 nitrogen and oxygen atoms in total. The molecule has 0 unspecified atom stereocenters. The van der Waals surface area contributed by atoms with Crippen LogP contribution in [0.3, 0.4) is 0 Å². The molecule has 2 aromatic carbocycles. The van der Waals surface area contributed by atoms with Gasteiger partial charge in [0.2, 0.25) is 0 Å². The van der Waals surface area contributed by atoms with Crippen LogP contribution in [-0.2, 0) is 0 Å². The molecule has 1 aliphatic heterocycles. The number of carbonyl (C=O) groups excluding carboxylic acids is 2. The van der Waals surface area contributed by atoms with Gasteiger partial charge in [-0.2, -0.15) is 0 Å². The summed E-state index contributed by atoms with van der Waals surface area (Å²) in [4.78, 5) is 26.3. The maximum atomic E-state index is 13.2.